The number of likely N-dealkylation sites (N-methyl/N-ethyl adjacent to an activating group) is 1. The molecule has 10 nitrogen and oxygen atoms in total. The van der Waals surface area contributed by atoms with E-state index in [1.165, 1.54) is 18.2 Å². The number of nitrogens with zero attached hydrogens (tertiary/aromatic N) is 7. The number of fused-ring (bicyclic) bond motifs is 3. The SMILES string of the molecule is [C-]#[N+]c1c(N)sc2c(F)ccc(-c3c(Cl)cc4c(N(C)[C@@H]5CCN(C(=O)C=C)[C@@H]5C)nc(OC[C@@]56CCCN5C[C@H](F)C6)nc4c3C#N)c12. The molecule has 49 heavy (non-hydrogen) atoms. The summed E-state index contributed by atoms with van der Waals surface area (Å²) in [7, 11) is 1.87. The van der Waals surface area contributed by atoms with Crippen molar-refractivity contribution in [2.24, 2.45) is 0 Å². The Kier molecular flexibility index (Phi) is 8.34. The predicted octanol–water partition coefficient (Wildman–Crippen LogP) is 6.88. The van der Waals surface area contributed by atoms with Crippen molar-refractivity contribution in [3.8, 4) is 23.2 Å². The van der Waals surface area contributed by atoms with Crippen molar-refractivity contribution in [1.29, 1.82) is 5.26 Å². The van der Waals surface area contributed by atoms with Gasteiger partial charge in [-0.25, -0.2) is 13.6 Å². The molecule has 0 bridgehead atoms. The molecule has 4 atom stereocenters. The number of benzene rings is 2. The number of nitrogen functional groups attached to an aromatic ring is 1. The summed E-state index contributed by atoms with van der Waals surface area (Å²) in [6.45, 7) is 15.2. The molecular formula is C35H33ClF2N8O2S. The maximum Gasteiger partial charge on any atom is 0.319 e. The Morgan fingerprint density at radius 1 is 1.41 bits per heavy atom. The van der Waals surface area contributed by atoms with Gasteiger partial charge in [-0.1, -0.05) is 24.2 Å². The van der Waals surface area contributed by atoms with Gasteiger partial charge in [0.25, 0.3) is 0 Å². The highest BCUT2D eigenvalue weighted by Gasteiger charge is 2.49. The predicted molar refractivity (Wildman–Crippen MR) is 187 cm³/mol. The number of alkyl halides is 1. The van der Waals surface area contributed by atoms with E-state index >= 15 is 4.39 Å². The van der Waals surface area contributed by atoms with E-state index in [9.17, 15) is 14.4 Å². The molecule has 5 heterocycles. The fourth-order valence-corrected chi connectivity index (χ4v) is 9.31. The second-order valence-electron chi connectivity index (χ2n) is 13.0. The molecule has 0 spiro atoms. The summed E-state index contributed by atoms with van der Waals surface area (Å²) < 4.78 is 36.1. The second-order valence-corrected chi connectivity index (χ2v) is 14.4. The zero-order valence-electron chi connectivity index (χ0n) is 27.0. The van der Waals surface area contributed by atoms with Crippen molar-refractivity contribution in [2.45, 2.75) is 56.4 Å². The fourth-order valence-electron chi connectivity index (χ4n) is 8.07. The van der Waals surface area contributed by atoms with Crippen LogP contribution in [0.25, 0.3) is 37.0 Å². The number of rotatable bonds is 7. The molecule has 3 fully saturated rings. The number of likely N-dealkylation sites (tertiary alicyclic amines) is 1. The minimum absolute atomic E-state index is 0.0122. The largest absolute Gasteiger partial charge is 0.461 e. The van der Waals surface area contributed by atoms with E-state index in [2.05, 4.69) is 22.4 Å². The number of carbonyl (C=O) groups is 1. The highest BCUT2D eigenvalue weighted by molar-refractivity contribution is 7.23. The van der Waals surface area contributed by atoms with Gasteiger partial charge in [0.1, 0.15) is 30.5 Å². The van der Waals surface area contributed by atoms with Gasteiger partial charge in [0.15, 0.2) is 0 Å². The van der Waals surface area contributed by atoms with Crippen molar-refractivity contribution < 1.29 is 18.3 Å². The van der Waals surface area contributed by atoms with Crippen molar-refractivity contribution >= 4 is 66.3 Å². The van der Waals surface area contributed by atoms with Crippen LogP contribution in [0, 0.1) is 23.7 Å². The number of hydrogen-bond acceptors (Lipinski definition) is 9. The Balaban J connectivity index is 1.41. The number of nitriles is 1. The first kappa shape index (κ1) is 33.0. The van der Waals surface area contributed by atoms with Gasteiger partial charge in [0.05, 0.1) is 44.0 Å². The Morgan fingerprint density at radius 2 is 2.20 bits per heavy atom. The summed E-state index contributed by atoms with van der Waals surface area (Å²) in [5, 5.41) is 11.8. The number of aromatic nitrogens is 2. The number of hydrogen-bond donors (Lipinski definition) is 1. The summed E-state index contributed by atoms with van der Waals surface area (Å²) in [5.74, 6) is -0.266. The molecule has 3 aliphatic rings. The first-order valence-electron chi connectivity index (χ1n) is 16.0. The number of amides is 1. The summed E-state index contributed by atoms with van der Waals surface area (Å²) >= 11 is 7.97. The van der Waals surface area contributed by atoms with Gasteiger partial charge in [-0.3, -0.25) is 9.69 Å². The van der Waals surface area contributed by atoms with Crippen LogP contribution < -0.4 is 15.4 Å². The lowest BCUT2D eigenvalue weighted by Gasteiger charge is -2.33. The molecule has 0 radical (unpaired) electrons. The van der Waals surface area contributed by atoms with Crippen LogP contribution in [0.4, 0.5) is 25.3 Å². The van der Waals surface area contributed by atoms with Crippen LogP contribution in [-0.2, 0) is 4.79 Å². The van der Waals surface area contributed by atoms with Gasteiger partial charge in [0.2, 0.25) is 11.6 Å². The summed E-state index contributed by atoms with van der Waals surface area (Å²) in [4.78, 5) is 31.6. The van der Waals surface area contributed by atoms with Gasteiger partial charge in [-0.05, 0) is 56.5 Å². The van der Waals surface area contributed by atoms with E-state index in [1.54, 1.807) is 11.0 Å². The maximum atomic E-state index is 15.0. The zero-order chi connectivity index (χ0) is 34.8. The number of thiophene rings is 1. The van der Waals surface area contributed by atoms with E-state index in [0.717, 1.165) is 30.7 Å². The van der Waals surface area contributed by atoms with E-state index < -0.39 is 17.5 Å². The lowest BCUT2D eigenvalue weighted by molar-refractivity contribution is -0.126. The Bertz CT molecular complexity index is 2130. The van der Waals surface area contributed by atoms with Crippen LogP contribution in [0.15, 0.2) is 30.9 Å². The molecule has 2 N–H and O–H groups in total. The molecule has 0 unspecified atom stereocenters. The zero-order valence-corrected chi connectivity index (χ0v) is 28.5. The summed E-state index contributed by atoms with van der Waals surface area (Å²) in [5.41, 5.74) is 6.73. The minimum Gasteiger partial charge on any atom is -0.461 e. The molecule has 4 aromatic rings. The first-order chi connectivity index (χ1) is 23.5. The van der Waals surface area contributed by atoms with Gasteiger partial charge in [0, 0.05) is 48.9 Å². The number of nitrogens with two attached hydrogens (primary N) is 1. The average Bonchev–Trinajstić information content (AvgIpc) is 3.83. The van der Waals surface area contributed by atoms with Gasteiger partial charge in [-0.15, -0.1) is 11.3 Å². The lowest BCUT2D eigenvalue weighted by Crippen LogP contribution is -2.44. The van der Waals surface area contributed by atoms with Crippen LogP contribution in [0.3, 0.4) is 0 Å². The highest BCUT2D eigenvalue weighted by Crippen LogP contribution is 2.49. The van der Waals surface area contributed by atoms with Gasteiger partial charge < -0.3 is 20.3 Å². The summed E-state index contributed by atoms with van der Waals surface area (Å²) in [6, 6.07) is 6.36. The molecule has 14 heteroatoms. The molecule has 7 rings (SSSR count). The third kappa shape index (κ3) is 5.23. The van der Waals surface area contributed by atoms with Crippen LogP contribution in [0.1, 0.15) is 38.2 Å². The van der Waals surface area contributed by atoms with E-state index in [4.69, 9.17) is 38.6 Å². The number of halogens is 3. The lowest BCUT2D eigenvalue weighted by atomic mass is 9.94. The average molecular weight is 703 g/mol. The van der Waals surface area contributed by atoms with E-state index in [1.807, 2.05) is 18.9 Å². The Labute approximate surface area is 291 Å². The van der Waals surface area contributed by atoms with Crippen LogP contribution >= 0.6 is 22.9 Å². The molecule has 252 valence electrons. The van der Waals surface area contributed by atoms with E-state index in [-0.39, 0.29) is 73.0 Å². The minimum atomic E-state index is -0.942. The third-order valence-corrected chi connectivity index (χ3v) is 11.7. The molecule has 0 aliphatic carbocycles. The monoisotopic (exact) mass is 702 g/mol. The van der Waals surface area contributed by atoms with Crippen molar-refractivity contribution in [1.82, 2.24) is 19.8 Å². The number of ether oxygens (including phenoxy) is 1. The topological polar surface area (TPSA) is 116 Å². The quantitative estimate of drug-likeness (QED) is 0.164. The standard InChI is InChI=1S/C35H33ClF2N8O2S/c1-5-26(47)46-12-9-25(18(46)2)44(4)33-21-13-23(36)27(20-7-8-24(38)31-28(20)30(41-3)32(40)49-31)22(15-39)29(21)42-34(43-33)48-17-35-10-6-11-45(35)16-19(37)14-35/h5,7-8,13,18-19,25H,1,6,9-12,14,16-17,40H2,2,4H3/t18-,19-,25-,35+/m1/s1. The van der Waals surface area contributed by atoms with E-state index in [0.29, 0.717) is 42.7 Å². The molecule has 2 aromatic heterocycles. The van der Waals surface area contributed by atoms with Gasteiger partial charge >= 0.3 is 6.01 Å². The molecule has 3 saturated heterocycles. The second kappa shape index (κ2) is 12.4. The molecule has 0 saturated carbocycles. The van der Waals surface area contributed by atoms with Crippen LogP contribution in [-0.4, -0.2) is 82.8 Å². The molecular weight excluding hydrogens is 670 g/mol. The smallest absolute Gasteiger partial charge is 0.319 e. The summed E-state index contributed by atoms with van der Waals surface area (Å²) in [6.07, 6.45) is 3.10. The Morgan fingerprint density at radius 3 is 2.94 bits per heavy atom. The number of anilines is 2. The first-order valence-corrected chi connectivity index (χ1v) is 17.2. The number of carbonyl (C=O) groups excluding carboxylic acids is 1. The molecule has 3 aliphatic heterocycles. The van der Waals surface area contributed by atoms with Crippen molar-refractivity contribution in [3.63, 3.8) is 0 Å². The van der Waals surface area contributed by atoms with Crippen LogP contribution in [0.2, 0.25) is 5.02 Å². The van der Waals surface area contributed by atoms with Crippen molar-refractivity contribution in [2.75, 3.05) is 43.9 Å². The normalized spacial score (nSPS) is 23.5. The third-order valence-electron chi connectivity index (χ3n) is 10.4. The maximum absolute atomic E-state index is 15.0. The Hall–Kier alpha value is -4.56. The highest BCUT2D eigenvalue weighted by atomic mass is 35.5. The molecule has 2 aromatic carbocycles. The van der Waals surface area contributed by atoms with Crippen LogP contribution in [0.5, 0.6) is 6.01 Å². The van der Waals surface area contributed by atoms with Gasteiger partial charge in [-0.2, -0.15) is 15.2 Å². The fraction of sp³-hybridized carbons (Fsp3) is 0.400. The van der Waals surface area contributed by atoms with Crippen molar-refractivity contribution in [3.05, 3.63) is 58.7 Å². The molecule has 1 amide bonds.